The molecule has 0 aliphatic heterocycles. The van der Waals surface area contributed by atoms with Crippen molar-refractivity contribution in [1.82, 2.24) is 9.88 Å². The molecule has 2 rings (SSSR count). The SMILES string of the molecule is CC(C)NCc1ccn(CC(=O)Nc2ccc(Br)cc2)c1. The number of hydrogen-bond acceptors (Lipinski definition) is 2. The Balaban J connectivity index is 1.86. The van der Waals surface area contributed by atoms with Crippen molar-refractivity contribution >= 4 is 27.5 Å². The van der Waals surface area contributed by atoms with E-state index in [9.17, 15) is 4.79 Å². The summed E-state index contributed by atoms with van der Waals surface area (Å²) in [5, 5.41) is 6.24. The van der Waals surface area contributed by atoms with E-state index in [2.05, 4.69) is 40.4 Å². The van der Waals surface area contributed by atoms with Gasteiger partial charge >= 0.3 is 0 Å². The van der Waals surface area contributed by atoms with Crippen LogP contribution in [0, 0.1) is 0 Å². The average Bonchev–Trinajstić information content (AvgIpc) is 2.86. The Kier molecular flexibility index (Phi) is 5.59. The summed E-state index contributed by atoms with van der Waals surface area (Å²) in [7, 11) is 0. The van der Waals surface area contributed by atoms with E-state index < -0.39 is 0 Å². The molecule has 5 heteroatoms. The van der Waals surface area contributed by atoms with Crippen molar-refractivity contribution in [1.29, 1.82) is 0 Å². The molecule has 0 aliphatic carbocycles. The van der Waals surface area contributed by atoms with Crippen LogP contribution in [-0.4, -0.2) is 16.5 Å². The van der Waals surface area contributed by atoms with Crippen molar-refractivity contribution in [2.45, 2.75) is 33.0 Å². The van der Waals surface area contributed by atoms with E-state index in [1.54, 1.807) is 0 Å². The average molecular weight is 350 g/mol. The Morgan fingerprint density at radius 1 is 1.24 bits per heavy atom. The molecule has 0 spiro atoms. The number of anilines is 1. The van der Waals surface area contributed by atoms with E-state index in [0.29, 0.717) is 12.6 Å². The van der Waals surface area contributed by atoms with E-state index >= 15 is 0 Å². The standard InChI is InChI=1S/C16H20BrN3O/c1-12(2)18-9-13-7-8-20(10-13)11-16(21)19-15-5-3-14(17)4-6-15/h3-8,10,12,18H,9,11H2,1-2H3,(H,19,21). The van der Waals surface area contributed by atoms with Crippen LogP contribution >= 0.6 is 15.9 Å². The molecule has 0 saturated carbocycles. The zero-order chi connectivity index (χ0) is 15.2. The number of carbonyl (C=O) groups is 1. The second-order valence-electron chi connectivity index (χ2n) is 5.28. The molecule has 2 N–H and O–H groups in total. The minimum atomic E-state index is -0.0312. The van der Waals surface area contributed by atoms with Crippen molar-refractivity contribution in [2.75, 3.05) is 5.32 Å². The predicted octanol–water partition coefficient (Wildman–Crippen LogP) is 3.39. The van der Waals surface area contributed by atoms with Crippen molar-refractivity contribution in [3.8, 4) is 0 Å². The lowest BCUT2D eigenvalue weighted by atomic mass is 10.3. The lowest BCUT2D eigenvalue weighted by molar-refractivity contribution is -0.116. The molecule has 2 aromatic rings. The summed E-state index contributed by atoms with van der Waals surface area (Å²) in [6.07, 6.45) is 3.93. The molecule has 0 unspecified atom stereocenters. The van der Waals surface area contributed by atoms with Crippen LogP contribution in [0.5, 0.6) is 0 Å². The molecule has 1 amide bonds. The Morgan fingerprint density at radius 3 is 2.62 bits per heavy atom. The monoisotopic (exact) mass is 349 g/mol. The van der Waals surface area contributed by atoms with Crippen LogP contribution in [0.4, 0.5) is 5.69 Å². The molecule has 1 aromatic carbocycles. The van der Waals surface area contributed by atoms with Crippen molar-refractivity contribution in [2.24, 2.45) is 0 Å². The highest BCUT2D eigenvalue weighted by atomic mass is 79.9. The van der Waals surface area contributed by atoms with Gasteiger partial charge in [0.05, 0.1) is 0 Å². The molecule has 0 saturated heterocycles. The first-order chi connectivity index (χ1) is 10.0. The quantitative estimate of drug-likeness (QED) is 0.839. The van der Waals surface area contributed by atoms with Crippen LogP contribution < -0.4 is 10.6 Å². The normalized spacial score (nSPS) is 10.9. The maximum Gasteiger partial charge on any atom is 0.244 e. The van der Waals surface area contributed by atoms with Crippen LogP contribution in [0.2, 0.25) is 0 Å². The first-order valence-electron chi connectivity index (χ1n) is 6.96. The smallest absolute Gasteiger partial charge is 0.244 e. The molecule has 0 fully saturated rings. The number of hydrogen-bond donors (Lipinski definition) is 2. The molecule has 1 aromatic heterocycles. The molecule has 21 heavy (non-hydrogen) atoms. The number of nitrogens with one attached hydrogen (secondary N) is 2. The van der Waals surface area contributed by atoms with Gasteiger partial charge in [0.25, 0.3) is 0 Å². The topological polar surface area (TPSA) is 46.1 Å². The largest absolute Gasteiger partial charge is 0.345 e. The number of amides is 1. The molecule has 1 heterocycles. The van der Waals surface area contributed by atoms with Crippen LogP contribution in [0.3, 0.4) is 0 Å². The fourth-order valence-corrected chi connectivity index (χ4v) is 2.18. The second-order valence-corrected chi connectivity index (χ2v) is 6.20. The summed E-state index contributed by atoms with van der Waals surface area (Å²) in [5.41, 5.74) is 1.98. The molecular weight excluding hydrogens is 330 g/mol. The predicted molar refractivity (Wildman–Crippen MR) is 89.2 cm³/mol. The van der Waals surface area contributed by atoms with E-state index in [1.807, 2.05) is 47.3 Å². The van der Waals surface area contributed by atoms with E-state index in [4.69, 9.17) is 0 Å². The third kappa shape index (κ3) is 5.36. The zero-order valence-corrected chi connectivity index (χ0v) is 13.9. The van der Waals surface area contributed by atoms with Gasteiger partial charge in [0.15, 0.2) is 0 Å². The third-order valence-corrected chi connectivity index (χ3v) is 3.51. The van der Waals surface area contributed by atoms with Gasteiger partial charge in [-0.15, -0.1) is 0 Å². The number of benzene rings is 1. The van der Waals surface area contributed by atoms with Crippen LogP contribution in [0.25, 0.3) is 0 Å². The van der Waals surface area contributed by atoms with E-state index in [0.717, 1.165) is 16.7 Å². The number of carbonyl (C=O) groups excluding carboxylic acids is 1. The first kappa shape index (κ1) is 15.8. The molecule has 0 bridgehead atoms. The van der Waals surface area contributed by atoms with Gasteiger partial charge in [0, 0.05) is 35.1 Å². The van der Waals surface area contributed by atoms with E-state index in [-0.39, 0.29) is 5.91 Å². The summed E-state index contributed by atoms with van der Waals surface area (Å²) in [6.45, 7) is 5.36. The minimum Gasteiger partial charge on any atom is -0.345 e. The fourth-order valence-electron chi connectivity index (χ4n) is 1.91. The summed E-state index contributed by atoms with van der Waals surface area (Å²) in [4.78, 5) is 12.0. The van der Waals surface area contributed by atoms with Gasteiger partial charge in [-0.25, -0.2) is 0 Å². The molecule has 112 valence electrons. The minimum absolute atomic E-state index is 0.0312. The molecule has 0 radical (unpaired) electrons. The summed E-state index contributed by atoms with van der Waals surface area (Å²) < 4.78 is 2.89. The van der Waals surface area contributed by atoms with Crippen LogP contribution in [-0.2, 0) is 17.9 Å². The summed E-state index contributed by atoms with van der Waals surface area (Å²) in [6, 6.07) is 10.0. The summed E-state index contributed by atoms with van der Waals surface area (Å²) in [5.74, 6) is -0.0312. The molecule has 0 atom stereocenters. The Morgan fingerprint density at radius 2 is 1.95 bits per heavy atom. The number of aromatic nitrogens is 1. The zero-order valence-electron chi connectivity index (χ0n) is 12.3. The highest BCUT2D eigenvalue weighted by molar-refractivity contribution is 9.10. The van der Waals surface area contributed by atoms with Gasteiger partial charge in [0.1, 0.15) is 6.54 Å². The summed E-state index contributed by atoms with van der Waals surface area (Å²) >= 11 is 3.37. The lowest BCUT2D eigenvalue weighted by Gasteiger charge is -2.07. The van der Waals surface area contributed by atoms with Crippen molar-refractivity contribution in [3.05, 3.63) is 52.8 Å². The lowest BCUT2D eigenvalue weighted by Crippen LogP contribution is -2.21. The maximum atomic E-state index is 12.0. The van der Waals surface area contributed by atoms with E-state index in [1.165, 1.54) is 5.56 Å². The number of halogens is 1. The first-order valence-corrected chi connectivity index (χ1v) is 7.75. The third-order valence-electron chi connectivity index (χ3n) is 2.98. The Bertz CT molecular complexity index is 590. The molecule has 4 nitrogen and oxygen atoms in total. The van der Waals surface area contributed by atoms with Crippen molar-refractivity contribution < 1.29 is 4.79 Å². The fraction of sp³-hybridized carbons (Fsp3) is 0.312. The second kappa shape index (κ2) is 7.43. The highest BCUT2D eigenvalue weighted by Gasteiger charge is 2.05. The molecule has 0 aliphatic rings. The van der Waals surface area contributed by atoms with Crippen molar-refractivity contribution in [3.63, 3.8) is 0 Å². The molecular formula is C16H20BrN3O. The van der Waals surface area contributed by atoms with Gasteiger partial charge in [-0.2, -0.15) is 0 Å². The van der Waals surface area contributed by atoms with Gasteiger partial charge in [-0.1, -0.05) is 29.8 Å². The van der Waals surface area contributed by atoms with Crippen LogP contribution in [0.15, 0.2) is 47.2 Å². The van der Waals surface area contributed by atoms with Gasteiger partial charge in [0.2, 0.25) is 5.91 Å². The number of nitrogens with zero attached hydrogens (tertiary/aromatic N) is 1. The van der Waals surface area contributed by atoms with Crippen LogP contribution in [0.1, 0.15) is 19.4 Å². The maximum absolute atomic E-state index is 12.0. The van der Waals surface area contributed by atoms with Gasteiger partial charge in [-0.05, 0) is 35.9 Å². The highest BCUT2D eigenvalue weighted by Crippen LogP contribution is 2.14. The van der Waals surface area contributed by atoms with Gasteiger partial charge in [-0.3, -0.25) is 4.79 Å². The Hall–Kier alpha value is -1.59. The van der Waals surface area contributed by atoms with Gasteiger partial charge < -0.3 is 15.2 Å². The Labute approximate surface area is 133 Å². The number of rotatable bonds is 6.